The minimum absolute atomic E-state index is 0.0565. The van der Waals surface area contributed by atoms with Crippen LogP contribution in [0.4, 0.5) is 5.69 Å². The maximum atomic E-state index is 12.4. The summed E-state index contributed by atoms with van der Waals surface area (Å²) in [7, 11) is 0. The third-order valence-corrected chi connectivity index (χ3v) is 3.47. The lowest BCUT2D eigenvalue weighted by Crippen LogP contribution is -2.42. The van der Waals surface area contributed by atoms with Crippen molar-refractivity contribution < 1.29 is 4.79 Å². The monoisotopic (exact) mass is 242 g/mol. The standard InChI is InChI=1S/C15H18N2O/c1-3-12(9-16)15(18)17-10-11(2)8-13-6-4-5-7-14(13)17/h4-7,11-12H,3,8,10H2,1-2H3. The van der Waals surface area contributed by atoms with Crippen LogP contribution in [-0.4, -0.2) is 12.5 Å². The van der Waals surface area contributed by atoms with Crippen LogP contribution < -0.4 is 4.90 Å². The molecule has 0 N–H and O–H groups in total. The van der Waals surface area contributed by atoms with E-state index in [4.69, 9.17) is 5.26 Å². The fraction of sp³-hybridized carbons (Fsp3) is 0.467. The molecular weight excluding hydrogens is 224 g/mol. The van der Waals surface area contributed by atoms with Gasteiger partial charge in [0, 0.05) is 12.2 Å². The van der Waals surface area contributed by atoms with E-state index >= 15 is 0 Å². The Morgan fingerprint density at radius 2 is 2.28 bits per heavy atom. The Kier molecular flexibility index (Phi) is 3.66. The van der Waals surface area contributed by atoms with E-state index in [2.05, 4.69) is 19.1 Å². The first-order chi connectivity index (χ1) is 8.67. The van der Waals surface area contributed by atoms with Crippen LogP contribution in [0, 0.1) is 23.2 Å². The summed E-state index contributed by atoms with van der Waals surface area (Å²) in [6.07, 6.45) is 1.58. The molecule has 0 radical (unpaired) electrons. The molecule has 3 nitrogen and oxygen atoms in total. The molecule has 2 unspecified atom stereocenters. The van der Waals surface area contributed by atoms with Crippen LogP contribution >= 0.6 is 0 Å². The van der Waals surface area contributed by atoms with Gasteiger partial charge in [0.2, 0.25) is 5.91 Å². The van der Waals surface area contributed by atoms with E-state index in [9.17, 15) is 4.79 Å². The van der Waals surface area contributed by atoms with Gasteiger partial charge in [0.15, 0.2) is 0 Å². The first-order valence-electron chi connectivity index (χ1n) is 6.46. The summed E-state index contributed by atoms with van der Waals surface area (Å²) in [4.78, 5) is 14.2. The Hall–Kier alpha value is -1.82. The van der Waals surface area contributed by atoms with Gasteiger partial charge < -0.3 is 4.90 Å². The molecule has 0 fully saturated rings. The number of amides is 1. The quantitative estimate of drug-likeness (QED) is 0.800. The van der Waals surface area contributed by atoms with Gasteiger partial charge in [-0.05, 0) is 30.4 Å². The van der Waals surface area contributed by atoms with Crippen molar-refractivity contribution in [3.63, 3.8) is 0 Å². The normalized spacial score (nSPS) is 19.8. The summed E-state index contributed by atoms with van der Waals surface area (Å²) >= 11 is 0. The second-order valence-corrected chi connectivity index (χ2v) is 4.98. The minimum atomic E-state index is -0.525. The molecule has 0 aromatic heterocycles. The molecule has 18 heavy (non-hydrogen) atoms. The fourth-order valence-electron chi connectivity index (χ4n) is 2.51. The largest absolute Gasteiger partial charge is 0.311 e. The van der Waals surface area contributed by atoms with Crippen molar-refractivity contribution in [2.75, 3.05) is 11.4 Å². The molecule has 1 aliphatic rings. The average Bonchev–Trinajstić information content (AvgIpc) is 2.39. The summed E-state index contributed by atoms with van der Waals surface area (Å²) < 4.78 is 0. The van der Waals surface area contributed by atoms with Gasteiger partial charge in [0.25, 0.3) is 0 Å². The van der Waals surface area contributed by atoms with Gasteiger partial charge in [-0.15, -0.1) is 0 Å². The maximum Gasteiger partial charge on any atom is 0.244 e. The third kappa shape index (κ3) is 2.24. The van der Waals surface area contributed by atoms with Gasteiger partial charge in [-0.1, -0.05) is 32.0 Å². The Labute approximate surface area is 108 Å². The molecule has 94 valence electrons. The van der Waals surface area contributed by atoms with Crippen LogP contribution in [0.25, 0.3) is 0 Å². The molecule has 0 aliphatic carbocycles. The Bertz CT molecular complexity index is 490. The SMILES string of the molecule is CCC(C#N)C(=O)N1CC(C)Cc2ccccc21. The Balaban J connectivity index is 2.35. The number of benzene rings is 1. The summed E-state index contributed by atoms with van der Waals surface area (Å²) in [5, 5.41) is 9.04. The summed E-state index contributed by atoms with van der Waals surface area (Å²) in [5.41, 5.74) is 2.19. The molecule has 2 rings (SSSR count). The first kappa shape index (κ1) is 12.6. The van der Waals surface area contributed by atoms with E-state index < -0.39 is 5.92 Å². The topological polar surface area (TPSA) is 44.1 Å². The van der Waals surface area contributed by atoms with Gasteiger partial charge in [-0.25, -0.2) is 0 Å². The third-order valence-electron chi connectivity index (χ3n) is 3.47. The van der Waals surface area contributed by atoms with Gasteiger partial charge in [0.05, 0.1) is 6.07 Å². The van der Waals surface area contributed by atoms with E-state index in [1.807, 2.05) is 25.1 Å². The van der Waals surface area contributed by atoms with Crippen LogP contribution in [-0.2, 0) is 11.2 Å². The first-order valence-corrected chi connectivity index (χ1v) is 6.46. The van der Waals surface area contributed by atoms with Gasteiger partial charge >= 0.3 is 0 Å². The van der Waals surface area contributed by atoms with Crippen LogP contribution in [0.3, 0.4) is 0 Å². The van der Waals surface area contributed by atoms with E-state index in [0.29, 0.717) is 18.9 Å². The van der Waals surface area contributed by atoms with E-state index in [1.54, 1.807) is 4.90 Å². The fourth-order valence-corrected chi connectivity index (χ4v) is 2.51. The van der Waals surface area contributed by atoms with Crippen molar-refractivity contribution in [2.24, 2.45) is 11.8 Å². The highest BCUT2D eigenvalue weighted by atomic mass is 16.2. The lowest BCUT2D eigenvalue weighted by atomic mass is 9.92. The van der Waals surface area contributed by atoms with E-state index in [0.717, 1.165) is 12.1 Å². The highest BCUT2D eigenvalue weighted by Gasteiger charge is 2.29. The molecule has 1 aromatic carbocycles. The summed E-state index contributed by atoms with van der Waals surface area (Å²) in [6, 6.07) is 10.1. The highest BCUT2D eigenvalue weighted by Crippen LogP contribution is 2.30. The second-order valence-electron chi connectivity index (χ2n) is 4.98. The predicted octanol–water partition coefficient (Wildman–Crippen LogP) is 2.76. The number of hydrogen-bond acceptors (Lipinski definition) is 2. The highest BCUT2D eigenvalue weighted by molar-refractivity contribution is 5.97. The van der Waals surface area contributed by atoms with Gasteiger partial charge in [0.1, 0.15) is 5.92 Å². The number of rotatable bonds is 2. The molecule has 0 saturated carbocycles. The Morgan fingerprint density at radius 3 is 2.94 bits per heavy atom. The van der Waals surface area contributed by atoms with Crippen LogP contribution in [0.5, 0.6) is 0 Å². The lowest BCUT2D eigenvalue weighted by molar-refractivity contribution is -0.121. The molecule has 3 heteroatoms. The number of anilines is 1. The van der Waals surface area contributed by atoms with Crippen molar-refractivity contribution in [3.05, 3.63) is 29.8 Å². The number of para-hydroxylation sites is 1. The van der Waals surface area contributed by atoms with Gasteiger partial charge in [-0.2, -0.15) is 5.26 Å². The van der Waals surface area contributed by atoms with Crippen molar-refractivity contribution in [1.82, 2.24) is 0 Å². The zero-order chi connectivity index (χ0) is 13.1. The minimum Gasteiger partial charge on any atom is -0.311 e. The molecule has 2 atom stereocenters. The van der Waals surface area contributed by atoms with Crippen molar-refractivity contribution in [1.29, 1.82) is 5.26 Å². The second kappa shape index (κ2) is 5.22. The number of carbonyl (C=O) groups is 1. The number of carbonyl (C=O) groups excluding carboxylic acids is 1. The van der Waals surface area contributed by atoms with Crippen molar-refractivity contribution >= 4 is 11.6 Å². The predicted molar refractivity (Wildman–Crippen MR) is 71.1 cm³/mol. The molecular formula is C15H18N2O. The number of nitriles is 1. The number of nitrogens with zero attached hydrogens (tertiary/aromatic N) is 2. The number of fused-ring (bicyclic) bond motifs is 1. The summed E-state index contributed by atoms with van der Waals surface area (Å²) in [6.45, 7) is 4.74. The molecule has 0 saturated heterocycles. The average molecular weight is 242 g/mol. The Morgan fingerprint density at radius 1 is 1.56 bits per heavy atom. The zero-order valence-electron chi connectivity index (χ0n) is 10.9. The molecule has 0 spiro atoms. The number of hydrogen-bond donors (Lipinski definition) is 0. The van der Waals surface area contributed by atoms with Crippen molar-refractivity contribution in [3.8, 4) is 6.07 Å². The maximum absolute atomic E-state index is 12.4. The molecule has 0 bridgehead atoms. The van der Waals surface area contributed by atoms with Gasteiger partial charge in [-0.3, -0.25) is 4.79 Å². The van der Waals surface area contributed by atoms with E-state index in [1.165, 1.54) is 5.56 Å². The molecule has 1 aliphatic heterocycles. The molecule has 1 aromatic rings. The molecule has 1 heterocycles. The smallest absolute Gasteiger partial charge is 0.244 e. The lowest BCUT2D eigenvalue weighted by Gasteiger charge is -2.34. The zero-order valence-corrected chi connectivity index (χ0v) is 10.9. The molecule has 1 amide bonds. The van der Waals surface area contributed by atoms with Crippen LogP contribution in [0.2, 0.25) is 0 Å². The van der Waals surface area contributed by atoms with Crippen LogP contribution in [0.15, 0.2) is 24.3 Å². The van der Waals surface area contributed by atoms with Crippen LogP contribution in [0.1, 0.15) is 25.8 Å². The summed E-state index contributed by atoms with van der Waals surface area (Å²) in [5.74, 6) is -0.137. The van der Waals surface area contributed by atoms with Crippen molar-refractivity contribution in [2.45, 2.75) is 26.7 Å². The van der Waals surface area contributed by atoms with E-state index in [-0.39, 0.29) is 5.91 Å².